The molecule has 0 fully saturated rings. The van der Waals surface area contributed by atoms with E-state index >= 15 is 0 Å². The van der Waals surface area contributed by atoms with Gasteiger partial charge in [-0.1, -0.05) is 13.8 Å². The number of ether oxygens (including phenoxy) is 2. The van der Waals surface area contributed by atoms with E-state index in [9.17, 15) is 9.59 Å². The molecule has 15 heavy (non-hydrogen) atoms. The summed E-state index contributed by atoms with van der Waals surface area (Å²) >= 11 is 0. The maximum Gasteiger partial charge on any atom is 0.306 e. The van der Waals surface area contributed by atoms with Crippen molar-refractivity contribution in [2.24, 2.45) is 0 Å². The molecule has 0 heterocycles. The van der Waals surface area contributed by atoms with Crippen molar-refractivity contribution in [2.75, 3.05) is 13.2 Å². The highest BCUT2D eigenvalue weighted by molar-refractivity contribution is 7.22. The van der Waals surface area contributed by atoms with Crippen LogP contribution in [0, 0.1) is 0 Å². The summed E-state index contributed by atoms with van der Waals surface area (Å²) in [6.45, 7) is 7.88. The largest absolute Gasteiger partial charge is 0.470 e. The first-order chi connectivity index (χ1) is 6.96. The lowest BCUT2D eigenvalue weighted by atomic mass is 10.5. The zero-order valence-corrected chi connectivity index (χ0v) is 11.0. The molecule has 0 amide bonds. The van der Waals surface area contributed by atoms with Gasteiger partial charge in [0, 0.05) is 0 Å². The first-order valence-electron chi connectivity index (χ1n) is 5.31. The lowest BCUT2D eigenvalue weighted by Gasteiger charge is -2.17. The van der Waals surface area contributed by atoms with E-state index in [0.717, 1.165) is 12.8 Å². The molecule has 0 saturated heterocycles. The maximum atomic E-state index is 11.6. The number of hydrogen-bond donors (Lipinski definition) is 0. The first kappa shape index (κ1) is 14.2. The molecule has 0 saturated carbocycles. The normalized spacial score (nSPS) is 10.9. The molecule has 0 aliphatic carbocycles. The summed E-state index contributed by atoms with van der Waals surface area (Å²) in [6.07, 6.45) is 1.53. The SMILES string of the molecule is CCCOC(=O)[Si](C)(C)C(=O)OCCC. The number of rotatable bonds is 6. The van der Waals surface area contributed by atoms with Gasteiger partial charge in [-0.05, 0) is 25.9 Å². The average molecular weight is 232 g/mol. The number of carbonyl (C=O) groups is 2. The van der Waals surface area contributed by atoms with Gasteiger partial charge in [-0.3, -0.25) is 9.59 Å². The minimum atomic E-state index is -2.71. The smallest absolute Gasteiger partial charge is 0.306 e. The van der Waals surface area contributed by atoms with Crippen molar-refractivity contribution in [1.29, 1.82) is 0 Å². The zero-order valence-electron chi connectivity index (χ0n) is 9.96. The summed E-state index contributed by atoms with van der Waals surface area (Å²) in [5, 5.41) is 0. The van der Waals surface area contributed by atoms with Crippen molar-refractivity contribution >= 4 is 19.3 Å². The zero-order chi connectivity index (χ0) is 11.9. The van der Waals surface area contributed by atoms with E-state index in [0.29, 0.717) is 13.2 Å². The van der Waals surface area contributed by atoms with Crippen LogP contribution in [0.15, 0.2) is 0 Å². The van der Waals surface area contributed by atoms with E-state index in [1.165, 1.54) is 0 Å². The van der Waals surface area contributed by atoms with E-state index in [1.54, 1.807) is 13.1 Å². The van der Waals surface area contributed by atoms with Gasteiger partial charge in [-0.15, -0.1) is 0 Å². The van der Waals surface area contributed by atoms with Crippen molar-refractivity contribution in [3.63, 3.8) is 0 Å². The molecule has 0 aromatic rings. The van der Waals surface area contributed by atoms with Crippen LogP contribution < -0.4 is 0 Å². The van der Waals surface area contributed by atoms with Gasteiger partial charge in [0.05, 0.1) is 13.2 Å². The third-order valence-corrected chi connectivity index (χ3v) is 4.23. The second kappa shape index (κ2) is 6.61. The van der Waals surface area contributed by atoms with E-state index < -0.39 is 8.07 Å². The third kappa shape index (κ3) is 4.46. The predicted octanol–water partition coefficient (Wildman–Crippen LogP) is 2.95. The van der Waals surface area contributed by atoms with Gasteiger partial charge >= 0.3 is 8.07 Å². The second-order valence-electron chi connectivity index (χ2n) is 3.90. The summed E-state index contributed by atoms with van der Waals surface area (Å²) in [7, 11) is -2.71. The van der Waals surface area contributed by atoms with Gasteiger partial charge < -0.3 is 9.47 Å². The molecular formula is C10H20O4Si. The minimum Gasteiger partial charge on any atom is -0.470 e. The van der Waals surface area contributed by atoms with E-state index in [4.69, 9.17) is 9.47 Å². The topological polar surface area (TPSA) is 52.6 Å². The van der Waals surface area contributed by atoms with Crippen LogP contribution in [-0.2, 0) is 9.47 Å². The van der Waals surface area contributed by atoms with Crippen LogP contribution in [0.3, 0.4) is 0 Å². The fourth-order valence-corrected chi connectivity index (χ4v) is 1.93. The third-order valence-electron chi connectivity index (χ3n) is 1.90. The minimum absolute atomic E-state index is 0.371. The Hall–Kier alpha value is -0.843. The van der Waals surface area contributed by atoms with E-state index in [-0.39, 0.29) is 11.2 Å². The monoisotopic (exact) mass is 232 g/mol. The predicted molar refractivity (Wildman–Crippen MR) is 60.8 cm³/mol. The Morgan fingerprint density at radius 3 is 1.53 bits per heavy atom. The molecule has 0 aromatic heterocycles. The molecule has 0 aliphatic rings. The fourth-order valence-electron chi connectivity index (χ4n) is 0.834. The Bertz CT molecular complexity index is 203. The van der Waals surface area contributed by atoms with Crippen LogP contribution in [0.4, 0.5) is 9.59 Å². The lowest BCUT2D eigenvalue weighted by molar-refractivity contribution is 0.161. The average Bonchev–Trinajstić information content (AvgIpc) is 2.21. The molecule has 0 aromatic carbocycles. The van der Waals surface area contributed by atoms with Gasteiger partial charge in [0.15, 0.2) is 0 Å². The molecular weight excluding hydrogens is 212 g/mol. The highest BCUT2D eigenvalue weighted by Gasteiger charge is 2.43. The molecule has 0 bridgehead atoms. The summed E-state index contributed by atoms with van der Waals surface area (Å²) in [5.74, 6) is 0. The fraction of sp³-hybridized carbons (Fsp3) is 0.800. The summed E-state index contributed by atoms with van der Waals surface area (Å²) in [6, 6.07) is 0. The molecule has 88 valence electrons. The van der Waals surface area contributed by atoms with Crippen LogP contribution in [-0.4, -0.2) is 32.5 Å². The quantitative estimate of drug-likeness (QED) is 0.661. The highest BCUT2D eigenvalue weighted by Crippen LogP contribution is 2.10. The van der Waals surface area contributed by atoms with Crippen LogP contribution in [0.1, 0.15) is 26.7 Å². The summed E-state index contributed by atoms with van der Waals surface area (Å²) in [5.41, 5.74) is -0.768. The van der Waals surface area contributed by atoms with Crippen LogP contribution in [0.5, 0.6) is 0 Å². The van der Waals surface area contributed by atoms with Gasteiger partial charge in [0.1, 0.15) is 0 Å². The Morgan fingerprint density at radius 2 is 1.27 bits per heavy atom. The maximum absolute atomic E-state index is 11.6. The first-order valence-corrected chi connectivity index (χ1v) is 8.31. The van der Waals surface area contributed by atoms with Crippen molar-refractivity contribution in [1.82, 2.24) is 0 Å². The molecule has 0 spiro atoms. The molecule has 0 atom stereocenters. The Balaban J connectivity index is 4.24. The molecule has 0 rings (SSSR count). The van der Waals surface area contributed by atoms with Crippen molar-refractivity contribution in [3.8, 4) is 0 Å². The summed E-state index contributed by atoms with van der Waals surface area (Å²) < 4.78 is 9.96. The Morgan fingerprint density at radius 1 is 0.933 bits per heavy atom. The molecule has 4 nitrogen and oxygen atoms in total. The lowest BCUT2D eigenvalue weighted by Crippen LogP contribution is -2.47. The van der Waals surface area contributed by atoms with Crippen LogP contribution in [0.25, 0.3) is 0 Å². The van der Waals surface area contributed by atoms with E-state index in [2.05, 4.69) is 0 Å². The van der Waals surface area contributed by atoms with Crippen molar-refractivity contribution < 1.29 is 19.1 Å². The van der Waals surface area contributed by atoms with E-state index in [1.807, 2.05) is 13.8 Å². The molecule has 0 unspecified atom stereocenters. The van der Waals surface area contributed by atoms with Gasteiger partial charge in [-0.25, -0.2) is 0 Å². The van der Waals surface area contributed by atoms with Crippen LogP contribution in [0.2, 0.25) is 13.1 Å². The van der Waals surface area contributed by atoms with Crippen molar-refractivity contribution in [3.05, 3.63) is 0 Å². The Kier molecular flexibility index (Phi) is 6.23. The van der Waals surface area contributed by atoms with Gasteiger partial charge in [-0.2, -0.15) is 0 Å². The van der Waals surface area contributed by atoms with Gasteiger partial charge in [0.25, 0.3) is 11.2 Å². The van der Waals surface area contributed by atoms with Crippen molar-refractivity contribution in [2.45, 2.75) is 39.8 Å². The molecule has 5 heteroatoms. The standard InChI is InChI=1S/C10H20O4Si/c1-5-7-13-9(11)15(3,4)10(12)14-8-6-2/h5-8H2,1-4H3. The van der Waals surface area contributed by atoms with Gasteiger partial charge in [0.2, 0.25) is 0 Å². The highest BCUT2D eigenvalue weighted by atomic mass is 28.3. The summed E-state index contributed by atoms with van der Waals surface area (Å²) in [4.78, 5) is 23.1. The number of carbonyl (C=O) groups excluding carboxylic acids is 2. The Labute approximate surface area is 92.0 Å². The molecule has 0 N–H and O–H groups in total. The molecule has 0 radical (unpaired) electrons. The number of hydrogen-bond acceptors (Lipinski definition) is 4. The van der Waals surface area contributed by atoms with Crippen LogP contribution >= 0.6 is 0 Å². The molecule has 0 aliphatic heterocycles. The second-order valence-corrected chi connectivity index (χ2v) is 7.96.